The molecule has 0 aliphatic heterocycles. The molecular weight excluding hydrogens is 224 g/mol. The van der Waals surface area contributed by atoms with Gasteiger partial charge in [0, 0.05) is 26.2 Å². The van der Waals surface area contributed by atoms with Crippen molar-refractivity contribution in [3.8, 4) is 0 Å². The number of rotatable bonds is 5. The van der Waals surface area contributed by atoms with Crippen LogP contribution >= 0.6 is 0 Å². The van der Waals surface area contributed by atoms with E-state index >= 15 is 0 Å². The van der Waals surface area contributed by atoms with E-state index in [1.165, 1.54) is 16.5 Å². The summed E-state index contributed by atoms with van der Waals surface area (Å²) in [6.07, 6.45) is 4.62. The second-order valence-corrected chi connectivity index (χ2v) is 4.49. The van der Waals surface area contributed by atoms with Gasteiger partial charge in [-0.25, -0.2) is 0 Å². The molecule has 0 saturated carbocycles. The molecule has 1 aromatic heterocycles. The van der Waals surface area contributed by atoms with E-state index in [2.05, 4.69) is 47.3 Å². The van der Waals surface area contributed by atoms with Crippen LogP contribution in [0.5, 0.6) is 0 Å². The molecule has 0 atom stereocenters. The van der Waals surface area contributed by atoms with Crippen LogP contribution in [0.3, 0.4) is 0 Å². The van der Waals surface area contributed by atoms with Crippen molar-refractivity contribution in [2.24, 2.45) is 0 Å². The highest BCUT2D eigenvalue weighted by Gasteiger charge is 2.05. The molecule has 1 N–H and O–H groups in total. The number of hydrogen-bond donors (Lipinski definition) is 1. The number of nitrogens with one attached hydrogen (secondary N) is 1. The molecule has 1 heterocycles. The lowest BCUT2D eigenvalue weighted by Gasteiger charge is -2.08. The number of benzene rings is 1. The molecule has 2 rings (SSSR count). The zero-order valence-electron chi connectivity index (χ0n) is 11.1. The van der Waals surface area contributed by atoms with Gasteiger partial charge in [0.2, 0.25) is 5.91 Å². The van der Waals surface area contributed by atoms with Crippen LogP contribution in [0.1, 0.15) is 25.3 Å². The van der Waals surface area contributed by atoms with Crippen LogP contribution in [-0.2, 0) is 17.8 Å². The predicted octanol–water partition coefficient (Wildman–Crippen LogP) is 2.73. The standard InChI is InChI=1S/C15H20N2O/c1-3-12-6-4-7-13-9-11-17(15(12)13)10-5-8-14(18)16-2/h4,6-7,9,11H,3,5,8,10H2,1-2H3,(H,16,18). The molecule has 1 aromatic carbocycles. The first kappa shape index (κ1) is 12.7. The molecule has 0 saturated heterocycles. The van der Waals surface area contributed by atoms with Gasteiger partial charge in [-0.15, -0.1) is 0 Å². The summed E-state index contributed by atoms with van der Waals surface area (Å²) in [5.74, 6) is 0.113. The summed E-state index contributed by atoms with van der Waals surface area (Å²) in [4.78, 5) is 11.2. The molecule has 3 nitrogen and oxygen atoms in total. The number of para-hydroxylation sites is 1. The highest BCUT2D eigenvalue weighted by Crippen LogP contribution is 2.21. The third kappa shape index (κ3) is 2.55. The summed E-state index contributed by atoms with van der Waals surface area (Å²) in [5.41, 5.74) is 2.69. The fraction of sp³-hybridized carbons (Fsp3) is 0.400. The maximum atomic E-state index is 11.2. The van der Waals surface area contributed by atoms with Gasteiger partial charge in [-0.05, 0) is 29.9 Å². The number of fused-ring (bicyclic) bond motifs is 1. The Balaban J connectivity index is 2.16. The third-order valence-electron chi connectivity index (χ3n) is 3.33. The normalized spacial score (nSPS) is 10.8. The number of aryl methyl sites for hydroxylation is 2. The van der Waals surface area contributed by atoms with Crippen LogP contribution in [-0.4, -0.2) is 17.5 Å². The molecule has 18 heavy (non-hydrogen) atoms. The van der Waals surface area contributed by atoms with Crippen molar-refractivity contribution in [1.82, 2.24) is 9.88 Å². The van der Waals surface area contributed by atoms with Gasteiger partial charge in [-0.2, -0.15) is 0 Å². The molecule has 3 heteroatoms. The molecule has 0 unspecified atom stereocenters. The highest BCUT2D eigenvalue weighted by molar-refractivity contribution is 5.83. The quantitative estimate of drug-likeness (QED) is 0.862. The van der Waals surface area contributed by atoms with Gasteiger partial charge in [-0.3, -0.25) is 4.79 Å². The molecule has 0 bridgehead atoms. The van der Waals surface area contributed by atoms with E-state index in [0.29, 0.717) is 6.42 Å². The Hall–Kier alpha value is -1.77. The summed E-state index contributed by atoms with van der Waals surface area (Å²) >= 11 is 0. The van der Waals surface area contributed by atoms with Crippen molar-refractivity contribution in [2.75, 3.05) is 7.05 Å². The van der Waals surface area contributed by atoms with Crippen molar-refractivity contribution in [1.29, 1.82) is 0 Å². The van der Waals surface area contributed by atoms with E-state index in [-0.39, 0.29) is 5.91 Å². The monoisotopic (exact) mass is 244 g/mol. The van der Waals surface area contributed by atoms with Crippen molar-refractivity contribution in [3.63, 3.8) is 0 Å². The second kappa shape index (κ2) is 5.71. The van der Waals surface area contributed by atoms with Crippen molar-refractivity contribution >= 4 is 16.8 Å². The summed E-state index contributed by atoms with van der Waals surface area (Å²) in [5, 5.41) is 3.94. The van der Waals surface area contributed by atoms with Crippen LogP contribution in [0, 0.1) is 0 Å². The minimum absolute atomic E-state index is 0.113. The first-order valence-electron chi connectivity index (χ1n) is 6.53. The lowest BCUT2D eigenvalue weighted by molar-refractivity contribution is -0.120. The molecule has 0 aliphatic rings. The first-order chi connectivity index (χ1) is 8.76. The van der Waals surface area contributed by atoms with E-state index in [1.54, 1.807) is 7.05 Å². The minimum atomic E-state index is 0.113. The van der Waals surface area contributed by atoms with E-state index in [1.807, 2.05) is 0 Å². The Bertz CT molecular complexity index is 542. The van der Waals surface area contributed by atoms with Crippen molar-refractivity contribution < 1.29 is 4.79 Å². The zero-order valence-corrected chi connectivity index (χ0v) is 11.1. The van der Waals surface area contributed by atoms with Crippen molar-refractivity contribution in [2.45, 2.75) is 32.7 Å². The number of aromatic nitrogens is 1. The van der Waals surface area contributed by atoms with E-state index < -0.39 is 0 Å². The molecule has 0 radical (unpaired) electrons. The summed E-state index contributed by atoms with van der Waals surface area (Å²) in [6.45, 7) is 3.07. The van der Waals surface area contributed by atoms with Crippen LogP contribution in [0.15, 0.2) is 30.5 Å². The maximum absolute atomic E-state index is 11.2. The van der Waals surface area contributed by atoms with Crippen molar-refractivity contribution in [3.05, 3.63) is 36.0 Å². The average molecular weight is 244 g/mol. The average Bonchev–Trinajstić information content (AvgIpc) is 2.82. The Morgan fingerprint density at radius 1 is 1.33 bits per heavy atom. The third-order valence-corrected chi connectivity index (χ3v) is 3.33. The van der Waals surface area contributed by atoms with Gasteiger partial charge in [0.15, 0.2) is 0 Å². The minimum Gasteiger partial charge on any atom is -0.359 e. The van der Waals surface area contributed by atoms with Crippen LogP contribution < -0.4 is 5.32 Å². The maximum Gasteiger partial charge on any atom is 0.219 e. The number of nitrogens with zero attached hydrogens (tertiary/aromatic N) is 1. The van der Waals surface area contributed by atoms with Gasteiger partial charge in [0.25, 0.3) is 0 Å². The fourth-order valence-electron chi connectivity index (χ4n) is 2.35. The van der Waals surface area contributed by atoms with Gasteiger partial charge >= 0.3 is 0 Å². The van der Waals surface area contributed by atoms with E-state index in [4.69, 9.17) is 0 Å². The Morgan fingerprint density at radius 3 is 2.89 bits per heavy atom. The number of carbonyl (C=O) groups excluding carboxylic acids is 1. The van der Waals surface area contributed by atoms with Gasteiger partial charge < -0.3 is 9.88 Å². The smallest absolute Gasteiger partial charge is 0.219 e. The molecular formula is C15H20N2O. The van der Waals surface area contributed by atoms with Crippen LogP contribution in [0.2, 0.25) is 0 Å². The molecule has 1 amide bonds. The van der Waals surface area contributed by atoms with E-state index in [0.717, 1.165) is 19.4 Å². The zero-order chi connectivity index (χ0) is 13.0. The topological polar surface area (TPSA) is 34.0 Å². The predicted molar refractivity (Wildman–Crippen MR) is 74.6 cm³/mol. The Labute approximate surface area is 108 Å². The summed E-state index contributed by atoms with van der Waals surface area (Å²) in [7, 11) is 1.68. The number of hydrogen-bond acceptors (Lipinski definition) is 1. The fourth-order valence-corrected chi connectivity index (χ4v) is 2.35. The SMILES string of the molecule is CCc1cccc2ccn(CCCC(=O)NC)c12. The first-order valence-corrected chi connectivity index (χ1v) is 6.53. The lowest BCUT2D eigenvalue weighted by Crippen LogP contribution is -2.17. The molecule has 0 spiro atoms. The van der Waals surface area contributed by atoms with Crippen LogP contribution in [0.25, 0.3) is 10.9 Å². The summed E-state index contributed by atoms with van der Waals surface area (Å²) in [6, 6.07) is 8.58. The van der Waals surface area contributed by atoms with Crippen LogP contribution in [0.4, 0.5) is 0 Å². The Kier molecular flexibility index (Phi) is 4.03. The molecule has 0 fully saturated rings. The van der Waals surface area contributed by atoms with Gasteiger partial charge in [0.1, 0.15) is 0 Å². The number of carbonyl (C=O) groups is 1. The lowest BCUT2D eigenvalue weighted by atomic mass is 10.1. The van der Waals surface area contributed by atoms with Gasteiger partial charge in [-0.1, -0.05) is 25.1 Å². The number of amides is 1. The highest BCUT2D eigenvalue weighted by atomic mass is 16.1. The summed E-state index contributed by atoms with van der Waals surface area (Å²) < 4.78 is 2.26. The second-order valence-electron chi connectivity index (χ2n) is 4.49. The largest absolute Gasteiger partial charge is 0.359 e. The van der Waals surface area contributed by atoms with E-state index in [9.17, 15) is 4.79 Å². The molecule has 96 valence electrons. The molecule has 0 aliphatic carbocycles. The Morgan fingerprint density at radius 2 is 2.17 bits per heavy atom. The molecule has 2 aromatic rings. The van der Waals surface area contributed by atoms with Gasteiger partial charge in [0.05, 0.1) is 5.52 Å².